The summed E-state index contributed by atoms with van der Waals surface area (Å²) in [5.74, 6) is 3.37. The predicted molar refractivity (Wildman–Crippen MR) is 77.6 cm³/mol. The molecule has 1 heterocycles. The normalized spacial score (nSPS) is 46.8. The average molecular weight is 298 g/mol. The maximum absolute atomic E-state index is 13.2. The fourth-order valence-corrected chi connectivity index (χ4v) is 5.98. The van der Waals surface area contributed by atoms with E-state index in [1.807, 2.05) is 0 Å². The number of carbonyl (C=O) groups excluding carboxylic acids is 1. The van der Waals surface area contributed by atoms with Gasteiger partial charge < -0.3 is 9.64 Å². The largest absolute Gasteiger partial charge is 0.377 e. The molecule has 20 heavy (non-hydrogen) atoms. The summed E-state index contributed by atoms with van der Waals surface area (Å²) in [5.41, 5.74) is -0.0314. The van der Waals surface area contributed by atoms with E-state index in [1.54, 1.807) is 0 Å². The van der Waals surface area contributed by atoms with Gasteiger partial charge in [-0.1, -0.05) is 0 Å². The Labute approximate surface area is 126 Å². The topological polar surface area (TPSA) is 29.5 Å². The maximum Gasteiger partial charge on any atom is 0.229 e. The van der Waals surface area contributed by atoms with Crippen LogP contribution in [0.1, 0.15) is 38.5 Å². The number of hydrogen-bond donors (Lipinski definition) is 0. The van der Waals surface area contributed by atoms with Gasteiger partial charge >= 0.3 is 0 Å². The van der Waals surface area contributed by atoms with Gasteiger partial charge in [0.15, 0.2) is 0 Å². The highest BCUT2D eigenvalue weighted by atomic mass is 35.5. The van der Waals surface area contributed by atoms with Gasteiger partial charge in [-0.25, -0.2) is 0 Å². The molecule has 0 radical (unpaired) electrons. The Kier molecular flexibility index (Phi) is 3.26. The zero-order valence-electron chi connectivity index (χ0n) is 12.0. The first-order chi connectivity index (χ1) is 9.70. The molecule has 0 aromatic heterocycles. The molecule has 4 bridgehead atoms. The van der Waals surface area contributed by atoms with Crippen molar-refractivity contribution in [2.24, 2.45) is 23.2 Å². The van der Waals surface area contributed by atoms with E-state index in [1.165, 1.54) is 19.3 Å². The molecule has 5 rings (SSSR count). The molecule has 0 N–H and O–H groups in total. The predicted octanol–water partition coefficient (Wildman–Crippen LogP) is 2.67. The lowest BCUT2D eigenvalue weighted by molar-refractivity contribution is -0.165. The zero-order valence-corrected chi connectivity index (χ0v) is 12.8. The van der Waals surface area contributed by atoms with E-state index < -0.39 is 0 Å². The molecule has 1 saturated heterocycles. The molecule has 0 spiro atoms. The summed E-state index contributed by atoms with van der Waals surface area (Å²) >= 11 is 6.05. The van der Waals surface area contributed by atoms with Crippen LogP contribution in [0, 0.1) is 23.2 Å². The second-order valence-electron chi connectivity index (χ2n) is 7.58. The van der Waals surface area contributed by atoms with Crippen molar-refractivity contribution in [2.75, 3.05) is 25.6 Å². The number of ether oxygens (including phenoxy) is 1. The number of rotatable bonds is 2. The van der Waals surface area contributed by atoms with Crippen LogP contribution in [0.25, 0.3) is 0 Å². The lowest BCUT2D eigenvalue weighted by Gasteiger charge is -2.57. The summed E-state index contributed by atoms with van der Waals surface area (Å²) in [4.78, 5) is 15.3. The van der Waals surface area contributed by atoms with Crippen molar-refractivity contribution in [3.63, 3.8) is 0 Å². The zero-order chi connectivity index (χ0) is 13.7. The van der Waals surface area contributed by atoms with Gasteiger partial charge in [-0.3, -0.25) is 4.79 Å². The van der Waals surface area contributed by atoms with E-state index in [0.29, 0.717) is 25.0 Å². The van der Waals surface area contributed by atoms with Crippen molar-refractivity contribution in [1.82, 2.24) is 4.90 Å². The molecular formula is C16H24ClNO2. The standard InChI is InChI=1S/C16H24ClNO2/c17-9-14-10-20-2-1-18(14)15(19)16-6-11-3-12(7-16)5-13(4-11)8-16/h11-14H,1-10H2. The molecule has 4 aliphatic carbocycles. The third kappa shape index (κ3) is 2.00. The van der Waals surface area contributed by atoms with Crippen molar-refractivity contribution >= 4 is 17.5 Å². The quantitative estimate of drug-likeness (QED) is 0.734. The first kappa shape index (κ1) is 13.4. The Bertz CT molecular complexity index is 376. The third-order valence-corrected chi connectivity index (χ3v) is 6.51. The van der Waals surface area contributed by atoms with Crippen molar-refractivity contribution in [3.05, 3.63) is 0 Å². The van der Waals surface area contributed by atoms with E-state index in [9.17, 15) is 4.79 Å². The van der Waals surface area contributed by atoms with Crippen LogP contribution in [0.5, 0.6) is 0 Å². The van der Waals surface area contributed by atoms with Gasteiger partial charge in [0.1, 0.15) is 0 Å². The van der Waals surface area contributed by atoms with E-state index in [2.05, 4.69) is 4.90 Å². The number of carbonyl (C=O) groups is 1. The number of morpholine rings is 1. The van der Waals surface area contributed by atoms with Crippen molar-refractivity contribution in [2.45, 2.75) is 44.6 Å². The Morgan fingerprint density at radius 1 is 1.15 bits per heavy atom. The molecule has 1 aliphatic heterocycles. The highest BCUT2D eigenvalue weighted by molar-refractivity contribution is 6.18. The smallest absolute Gasteiger partial charge is 0.229 e. The lowest BCUT2D eigenvalue weighted by atomic mass is 9.49. The SMILES string of the molecule is O=C(N1CCOCC1CCl)C12CC3CC(CC(C3)C1)C2. The summed E-state index contributed by atoms with van der Waals surface area (Å²) < 4.78 is 5.49. The maximum atomic E-state index is 13.2. The Morgan fingerprint density at radius 2 is 1.75 bits per heavy atom. The summed E-state index contributed by atoms with van der Waals surface area (Å²) in [5, 5.41) is 0. The van der Waals surface area contributed by atoms with Gasteiger partial charge in [-0.15, -0.1) is 11.6 Å². The van der Waals surface area contributed by atoms with Crippen molar-refractivity contribution < 1.29 is 9.53 Å². The molecule has 112 valence electrons. The second kappa shape index (κ2) is 4.88. The fraction of sp³-hybridized carbons (Fsp3) is 0.938. The molecule has 0 aromatic rings. The minimum absolute atomic E-state index is 0.0314. The molecule has 1 amide bonds. The average Bonchev–Trinajstić information content (AvgIpc) is 2.45. The van der Waals surface area contributed by atoms with Gasteiger partial charge in [0.25, 0.3) is 0 Å². The van der Waals surface area contributed by atoms with Gasteiger partial charge in [0, 0.05) is 12.4 Å². The lowest BCUT2D eigenvalue weighted by Crippen LogP contribution is -2.59. The van der Waals surface area contributed by atoms with Crippen LogP contribution >= 0.6 is 11.6 Å². The second-order valence-corrected chi connectivity index (χ2v) is 7.89. The van der Waals surface area contributed by atoms with Crippen molar-refractivity contribution in [3.8, 4) is 0 Å². The molecule has 5 fully saturated rings. The summed E-state index contributed by atoms with van der Waals surface area (Å²) in [6, 6.07) is 0.0888. The Morgan fingerprint density at radius 3 is 2.30 bits per heavy atom. The molecule has 4 saturated carbocycles. The monoisotopic (exact) mass is 297 g/mol. The Balaban J connectivity index is 1.58. The van der Waals surface area contributed by atoms with Crippen LogP contribution in [0.15, 0.2) is 0 Å². The summed E-state index contributed by atoms with van der Waals surface area (Å²) in [7, 11) is 0. The number of nitrogens with zero attached hydrogens (tertiary/aromatic N) is 1. The van der Waals surface area contributed by atoms with E-state index in [4.69, 9.17) is 16.3 Å². The van der Waals surface area contributed by atoms with Crippen LogP contribution in [-0.4, -0.2) is 42.5 Å². The Hall–Kier alpha value is -0.280. The molecule has 1 unspecified atom stereocenters. The first-order valence-corrected chi connectivity index (χ1v) is 8.68. The minimum Gasteiger partial charge on any atom is -0.377 e. The molecule has 1 atom stereocenters. The third-order valence-electron chi connectivity index (χ3n) is 6.16. The van der Waals surface area contributed by atoms with Gasteiger partial charge in [0.05, 0.1) is 24.7 Å². The highest BCUT2D eigenvalue weighted by Crippen LogP contribution is 2.60. The van der Waals surface area contributed by atoms with Crippen LogP contribution < -0.4 is 0 Å². The highest BCUT2D eigenvalue weighted by Gasteiger charge is 2.56. The summed E-state index contributed by atoms with van der Waals surface area (Å²) in [6.07, 6.45) is 7.58. The van der Waals surface area contributed by atoms with Crippen LogP contribution in [0.4, 0.5) is 0 Å². The fourth-order valence-electron chi connectivity index (χ4n) is 5.73. The van der Waals surface area contributed by atoms with E-state index in [0.717, 1.165) is 43.6 Å². The minimum atomic E-state index is -0.0314. The molecule has 0 aromatic carbocycles. The number of hydrogen-bond acceptors (Lipinski definition) is 2. The molecule has 3 nitrogen and oxygen atoms in total. The van der Waals surface area contributed by atoms with Crippen LogP contribution in [-0.2, 0) is 9.53 Å². The molecular weight excluding hydrogens is 274 g/mol. The molecule has 4 heteroatoms. The number of alkyl halides is 1. The van der Waals surface area contributed by atoms with Crippen LogP contribution in [0.2, 0.25) is 0 Å². The number of halogens is 1. The number of amides is 1. The van der Waals surface area contributed by atoms with Crippen molar-refractivity contribution in [1.29, 1.82) is 0 Å². The van der Waals surface area contributed by atoms with Gasteiger partial charge in [-0.2, -0.15) is 0 Å². The van der Waals surface area contributed by atoms with Crippen LogP contribution in [0.3, 0.4) is 0 Å². The van der Waals surface area contributed by atoms with E-state index >= 15 is 0 Å². The van der Waals surface area contributed by atoms with Gasteiger partial charge in [0.2, 0.25) is 5.91 Å². The first-order valence-electron chi connectivity index (χ1n) is 8.15. The van der Waals surface area contributed by atoms with Gasteiger partial charge in [-0.05, 0) is 56.3 Å². The summed E-state index contributed by atoms with van der Waals surface area (Å²) in [6.45, 7) is 2.02. The molecule has 5 aliphatic rings. The van der Waals surface area contributed by atoms with E-state index in [-0.39, 0.29) is 11.5 Å².